The Morgan fingerprint density at radius 2 is 2.14 bits per heavy atom. The Morgan fingerprint density at radius 1 is 1.43 bits per heavy atom. The van der Waals surface area contributed by atoms with Gasteiger partial charge in [0.05, 0.1) is 12.7 Å². The van der Waals surface area contributed by atoms with Gasteiger partial charge in [-0.25, -0.2) is 0 Å². The first-order valence-electron chi connectivity index (χ1n) is 5.77. The Kier molecular flexibility index (Phi) is 4.63. The minimum atomic E-state index is -0.120. The van der Waals surface area contributed by atoms with Crippen molar-refractivity contribution in [3.8, 4) is 0 Å². The first-order chi connectivity index (χ1) is 6.70. The Labute approximate surface area is 87.5 Å². The Balaban J connectivity index is 2.30. The van der Waals surface area contributed by atoms with Crippen LogP contribution in [-0.2, 0) is 4.74 Å². The average molecular weight is 197 g/mol. The van der Waals surface area contributed by atoms with Crippen LogP contribution in [0.4, 0.5) is 0 Å². The molecule has 1 rings (SSSR count). The number of rotatable bonds is 5. The van der Waals surface area contributed by atoms with Gasteiger partial charge in [0.1, 0.15) is 0 Å². The van der Waals surface area contributed by atoms with E-state index in [4.69, 9.17) is 10.5 Å². The molecular formula is C12H23NO. The first kappa shape index (κ1) is 11.7. The van der Waals surface area contributed by atoms with Gasteiger partial charge in [-0.1, -0.05) is 26.0 Å². The molecule has 0 saturated heterocycles. The van der Waals surface area contributed by atoms with Crippen LogP contribution >= 0.6 is 0 Å². The summed E-state index contributed by atoms with van der Waals surface area (Å²) in [7, 11) is 0. The van der Waals surface area contributed by atoms with E-state index in [0.717, 1.165) is 19.3 Å². The lowest BCUT2D eigenvalue weighted by atomic mass is 9.95. The molecule has 0 heterocycles. The fraction of sp³-hybridized carbons (Fsp3) is 0.833. The molecule has 0 aromatic carbocycles. The highest BCUT2D eigenvalue weighted by molar-refractivity contribution is 4.95. The topological polar surface area (TPSA) is 35.2 Å². The molecule has 1 aliphatic rings. The van der Waals surface area contributed by atoms with Gasteiger partial charge in [-0.15, -0.1) is 0 Å². The van der Waals surface area contributed by atoms with Gasteiger partial charge in [0.25, 0.3) is 0 Å². The number of ether oxygens (including phenoxy) is 1. The molecule has 0 fully saturated rings. The lowest BCUT2D eigenvalue weighted by Crippen LogP contribution is -2.44. The standard InChI is InChI=1S/C12H23NO/c1-3-12(13,4-2)10-14-11-8-6-5-7-9-11/h6,8,11H,3-5,7,9-10,13H2,1-2H3. The van der Waals surface area contributed by atoms with E-state index in [-0.39, 0.29) is 5.54 Å². The average Bonchev–Trinajstić information content (AvgIpc) is 2.27. The van der Waals surface area contributed by atoms with Crippen LogP contribution in [0.25, 0.3) is 0 Å². The summed E-state index contributed by atoms with van der Waals surface area (Å²) in [6.45, 7) is 4.95. The maximum Gasteiger partial charge on any atom is 0.0756 e. The van der Waals surface area contributed by atoms with Crippen molar-refractivity contribution in [1.29, 1.82) is 0 Å². The molecule has 0 amide bonds. The predicted octanol–water partition coefficient (Wildman–Crippen LogP) is 2.63. The third-order valence-corrected chi connectivity index (χ3v) is 3.20. The van der Waals surface area contributed by atoms with Crippen molar-refractivity contribution < 1.29 is 4.74 Å². The van der Waals surface area contributed by atoms with E-state index < -0.39 is 0 Å². The molecule has 14 heavy (non-hydrogen) atoms. The normalized spacial score (nSPS) is 22.6. The zero-order valence-electron chi connectivity index (χ0n) is 9.46. The Bertz CT molecular complexity index is 185. The van der Waals surface area contributed by atoms with Crippen LogP contribution in [0.5, 0.6) is 0 Å². The molecule has 82 valence electrons. The first-order valence-corrected chi connectivity index (χ1v) is 5.77. The lowest BCUT2D eigenvalue weighted by molar-refractivity contribution is 0.0354. The summed E-state index contributed by atoms with van der Waals surface area (Å²) in [4.78, 5) is 0. The summed E-state index contributed by atoms with van der Waals surface area (Å²) in [5.41, 5.74) is 6.04. The number of allylic oxidation sites excluding steroid dienone is 1. The van der Waals surface area contributed by atoms with Crippen LogP contribution in [0.15, 0.2) is 12.2 Å². The van der Waals surface area contributed by atoms with Crippen LogP contribution in [0.3, 0.4) is 0 Å². The second-order valence-electron chi connectivity index (χ2n) is 4.28. The molecule has 0 aromatic heterocycles. The smallest absolute Gasteiger partial charge is 0.0756 e. The molecular weight excluding hydrogens is 174 g/mol. The van der Waals surface area contributed by atoms with E-state index in [9.17, 15) is 0 Å². The van der Waals surface area contributed by atoms with Gasteiger partial charge >= 0.3 is 0 Å². The SMILES string of the molecule is CCC(N)(CC)COC1C=CCCC1. The molecule has 2 nitrogen and oxygen atoms in total. The summed E-state index contributed by atoms with van der Waals surface area (Å²) in [5, 5.41) is 0. The Morgan fingerprint density at radius 3 is 2.64 bits per heavy atom. The van der Waals surface area contributed by atoms with E-state index >= 15 is 0 Å². The highest BCUT2D eigenvalue weighted by Crippen LogP contribution is 2.17. The van der Waals surface area contributed by atoms with Gasteiger partial charge in [-0.05, 0) is 32.1 Å². The largest absolute Gasteiger partial charge is 0.372 e. The number of nitrogens with two attached hydrogens (primary N) is 1. The zero-order chi connectivity index (χ0) is 10.4. The van der Waals surface area contributed by atoms with E-state index in [1.54, 1.807) is 0 Å². The third-order valence-electron chi connectivity index (χ3n) is 3.20. The zero-order valence-corrected chi connectivity index (χ0v) is 9.46. The summed E-state index contributed by atoms with van der Waals surface area (Å²) < 4.78 is 5.82. The Hall–Kier alpha value is -0.340. The minimum absolute atomic E-state index is 0.120. The van der Waals surface area contributed by atoms with Gasteiger partial charge in [-0.2, -0.15) is 0 Å². The molecule has 0 bridgehead atoms. The maximum atomic E-state index is 6.16. The van der Waals surface area contributed by atoms with Crippen LogP contribution in [-0.4, -0.2) is 18.2 Å². The van der Waals surface area contributed by atoms with E-state index in [1.807, 2.05) is 0 Å². The van der Waals surface area contributed by atoms with Crippen molar-refractivity contribution in [3.05, 3.63) is 12.2 Å². The van der Waals surface area contributed by atoms with Crippen molar-refractivity contribution in [2.75, 3.05) is 6.61 Å². The van der Waals surface area contributed by atoms with E-state index in [1.165, 1.54) is 12.8 Å². The van der Waals surface area contributed by atoms with Crippen molar-refractivity contribution in [3.63, 3.8) is 0 Å². The summed E-state index contributed by atoms with van der Waals surface area (Å²) in [5.74, 6) is 0. The molecule has 0 aliphatic heterocycles. The van der Waals surface area contributed by atoms with Crippen LogP contribution in [0.1, 0.15) is 46.0 Å². The predicted molar refractivity (Wildman–Crippen MR) is 60.2 cm³/mol. The lowest BCUT2D eigenvalue weighted by Gasteiger charge is -2.29. The molecule has 1 atom stereocenters. The molecule has 0 radical (unpaired) electrons. The minimum Gasteiger partial charge on any atom is -0.372 e. The van der Waals surface area contributed by atoms with E-state index in [2.05, 4.69) is 26.0 Å². The van der Waals surface area contributed by atoms with Crippen molar-refractivity contribution in [2.24, 2.45) is 5.73 Å². The molecule has 0 saturated carbocycles. The van der Waals surface area contributed by atoms with Crippen molar-refractivity contribution in [1.82, 2.24) is 0 Å². The van der Waals surface area contributed by atoms with Gasteiger partial charge in [-0.3, -0.25) is 0 Å². The number of hydrogen-bond acceptors (Lipinski definition) is 2. The van der Waals surface area contributed by atoms with Gasteiger partial charge < -0.3 is 10.5 Å². The molecule has 2 heteroatoms. The summed E-state index contributed by atoms with van der Waals surface area (Å²) >= 11 is 0. The molecule has 1 unspecified atom stereocenters. The summed E-state index contributed by atoms with van der Waals surface area (Å²) in [6.07, 6.45) is 10.3. The monoisotopic (exact) mass is 197 g/mol. The highest BCUT2D eigenvalue weighted by Gasteiger charge is 2.22. The van der Waals surface area contributed by atoms with E-state index in [0.29, 0.717) is 12.7 Å². The van der Waals surface area contributed by atoms with Crippen molar-refractivity contribution in [2.45, 2.75) is 57.6 Å². The van der Waals surface area contributed by atoms with Gasteiger partial charge in [0, 0.05) is 5.54 Å². The molecule has 1 aliphatic carbocycles. The highest BCUT2D eigenvalue weighted by atomic mass is 16.5. The fourth-order valence-corrected chi connectivity index (χ4v) is 1.65. The van der Waals surface area contributed by atoms with Gasteiger partial charge in [0.2, 0.25) is 0 Å². The number of hydrogen-bond donors (Lipinski definition) is 1. The van der Waals surface area contributed by atoms with Gasteiger partial charge in [0.15, 0.2) is 0 Å². The quantitative estimate of drug-likeness (QED) is 0.688. The summed E-state index contributed by atoms with van der Waals surface area (Å²) in [6, 6.07) is 0. The van der Waals surface area contributed by atoms with Crippen LogP contribution in [0, 0.1) is 0 Å². The fourth-order valence-electron chi connectivity index (χ4n) is 1.65. The molecule has 2 N–H and O–H groups in total. The van der Waals surface area contributed by atoms with Crippen LogP contribution < -0.4 is 5.73 Å². The maximum absolute atomic E-state index is 6.16. The van der Waals surface area contributed by atoms with Crippen molar-refractivity contribution >= 4 is 0 Å². The molecule has 0 spiro atoms. The second kappa shape index (κ2) is 5.52. The third kappa shape index (κ3) is 3.43. The second-order valence-corrected chi connectivity index (χ2v) is 4.28. The molecule has 0 aromatic rings. The van der Waals surface area contributed by atoms with Crippen LogP contribution in [0.2, 0.25) is 0 Å².